The summed E-state index contributed by atoms with van der Waals surface area (Å²) in [5, 5.41) is 2.98. The number of alkyl halides is 3. The van der Waals surface area contributed by atoms with Crippen LogP contribution in [-0.4, -0.2) is 54.5 Å². The molecule has 0 atom stereocenters. The number of hydrogen-bond donors (Lipinski definition) is 3. The molecule has 3 N–H and O–H groups in total. The molecule has 1 fully saturated rings. The molecule has 0 bridgehead atoms. The van der Waals surface area contributed by atoms with E-state index in [0.29, 0.717) is 36.9 Å². The number of nitrogens with zero attached hydrogens (tertiary/aromatic N) is 3. The first kappa shape index (κ1) is 23.9. The van der Waals surface area contributed by atoms with Crippen molar-refractivity contribution in [1.29, 1.82) is 0 Å². The van der Waals surface area contributed by atoms with Gasteiger partial charge in [0, 0.05) is 43.1 Å². The van der Waals surface area contributed by atoms with E-state index in [0.717, 1.165) is 12.3 Å². The first-order valence-electron chi connectivity index (χ1n) is 9.43. The molecule has 1 aliphatic heterocycles. The maximum absolute atomic E-state index is 12.8. The van der Waals surface area contributed by atoms with Crippen LogP contribution in [0.2, 0.25) is 10.0 Å². The average molecular weight is 491 g/mol. The highest BCUT2D eigenvalue weighted by molar-refractivity contribution is 6.33. The van der Waals surface area contributed by atoms with Crippen LogP contribution in [0.1, 0.15) is 5.56 Å². The van der Waals surface area contributed by atoms with Crippen LogP contribution in [0.15, 0.2) is 36.5 Å². The van der Waals surface area contributed by atoms with Crippen LogP contribution in [0.3, 0.4) is 0 Å². The van der Waals surface area contributed by atoms with Crippen molar-refractivity contribution in [1.82, 2.24) is 20.7 Å². The second-order valence-corrected chi connectivity index (χ2v) is 7.77. The molecule has 8 nitrogen and oxygen atoms in total. The summed E-state index contributed by atoms with van der Waals surface area (Å²) in [6.45, 7) is 1.81. The minimum Gasteiger partial charge on any atom is -0.353 e. The Hall–Kier alpha value is -2.76. The van der Waals surface area contributed by atoms with Crippen molar-refractivity contribution in [2.24, 2.45) is 0 Å². The number of carbonyl (C=O) groups is 2. The predicted molar refractivity (Wildman–Crippen MR) is 115 cm³/mol. The van der Waals surface area contributed by atoms with E-state index in [1.165, 1.54) is 0 Å². The molecule has 1 aromatic carbocycles. The fourth-order valence-corrected chi connectivity index (χ4v) is 3.41. The van der Waals surface area contributed by atoms with E-state index >= 15 is 0 Å². The molecule has 1 aromatic heterocycles. The molecule has 3 amide bonds. The summed E-state index contributed by atoms with van der Waals surface area (Å²) >= 11 is 11.8. The van der Waals surface area contributed by atoms with Gasteiger partial charge in [-0.3, -0.25) is 15.1 Å². The number of benzene rings is 1. The third-order valence-corrected chi connectivity index (χ3v) is 5.14. The average Bonchev–Trinajstić information content (AvgIpc) is 2.74. The Morgan fingerprint density at radius 3 is 2.28 bits per heavy atom. The van der Waals surface area contributed by atoms with Crippen molar-refractivity contribution in [2.75, 3.05) is 42.9 Å². The lowest BCUT2D eigenvalue weighted by atomic mass is 10.2. The normalized spacial score (nSPS) is 14.7. The Labute approximate surface area is 191 Å². The van der Waals surface area contributed by atoms with Crippen molar-refractivity contribution in [3.63, 3.8) is 0 Å². The van der Waals surface area contributed by atoms with E-state index in [-0.39, 0.29) is 17.4 Å². The van der Waals surface area contributed by atoms with Gasteiger partial charge in [0.25, 0.3) is 5.91 Å². The van der Waals surface area contributed by atoms with Crippen molar-refractivity contribution in [2.45, 2.75) is 6.18 Å². The van der Waals surface area contributed by atoms with E-state index in [1.54, 1.807) is 29.2 Å². The van der Waals surface area contributed by atoms with Crippen molar-refractivity contribution >= 4 is 46.6 Å². The summed E-state index contributed by atoms with van der Waals surface area (Å²) < 4.78 is 38.3. The lowest BCUT2D eigenvalue weighted by Crippen LogP contribution is -2.52. The number of nitrogens with one attached hydrogen (secondary N) is 3. The molecule has 0 aliphatic carbocycles. The molecule has 172 valence electrons. The number of pyridine rings is 1. The Bertz CT molecular complexity index is 967. The fraction of sp³-hybridized carbons (Fsp3) is 0.316. The van der Waals surface area contributed by atoms with E-state index in [4.69, 9.17) is 23.2 Å². The molecule has 0 saturated carbocycles. The highest BCUT2D eigenvalue weighted by Gasteiger charge is 2.32. The van der Waals surface area contributed by atoms with Crippen LogP contribution in [0.4, 0.5) is 29.5 Å². The standard InChI is InChI=1S/C19H19Cl2F3N6O2/c20-13-1-3-14(4-2-13)26-18(32)28-27-16(31)11-29-5-7-30(8-6-29)17-15(21)9-12(10-25-17)19(22,23)24/h1-4,9-10H,5-8,11H2,(H,27,31)(H2,26,28,32). The van der Waals surface area contributed by atoms with Crippen molar-refractivity contribution in [3.05, 3.63) is 52.1 Å². The number of urea groups is 1. The van der Waals surface area contributed by atoms with Gasteiger partial charge in [-0.2, -0.15) is 13.2 Å². The zero-order chi connectivity index (χ0) is 23.3. The zero-order valence-electron chi connectivity index (χ0n) is 16.5. The van der Waals surface area contributed by atoms with Crippen LogP contribution in [0.25, 0.3) is 0 Å². The molecule has 32 heavy (non-hydrogen) atoms. The van der Waals surface area contributed by atoms with Gasteiger partial charge in [-0.25, -0.2) is 15.2 Å². The van der Waals surface area contributed by atoms with Gasteiger partial charge in [-0.05, 0) is 30.3 Å². The molecular formula is C19H19Cl2F3N6O2. The smallest absolute Gasteiger partial charge is 0.353 e. The molecule has 2 aromatic rings. The van der Waals surface area contributed by atoms with E-state index in [9.17, 15) is 22.8 Å². The van der Waals surface area contributed by atoms with Crippen LogP contribution >= 0.6 is 23.2 Å². The lowest BCUT2D eigenvalue weighted by molar-refractivity contribution is -0.137. The fourth-order valence-electron chi connectivity index (χ4n) is 3.00. The Balaban J connectivity index is 1.42. The number of piperazine rings is 1. The molecule has 0 unspecified atom stereocenters. The van der Waals surface area contributed by atoms with Gasteiger partial charge in [-0.15, -0.1) is 0 Å². The highest BCUT2D eigenvalue weighted by Crippen LogP contribution is 2.33. The van der Waals surface area contributed by atoms with Crippen molar-refractivity contribution in [3.8, 4) is 0 Å². The minimum absolute atomic E-state index is 0.0310. The number of hydrazine groups is 1. The van der Waals surface area contributed by atoms with Gasteiger partial charge < -0.3 is 10.2 Å². The SMILES string of the molecule is O=C(CN1CCN(c2ncc(C(F)(F)F)cc2Cl)CC1)NNC(=O)Nc1ccc(Cl)cc1. The van der Waals surface area contributed by atoms with Crippen LogP contribution in [-0.2, 0) is 11.0 Å². The Morgan fingerprint density at radius 2 is 1.69 bits per heavy atom. The summed E-state index contributed by atoms with van der Waals surface area (Å²) in [5.41, 5.74) is 4.17. The first-order chi connectivity index (χ1) is 15.1. The lowest BCUT2D eigenvalue weighted by Gasteiger charge is -2.35. The molecule has 0 spiro atoms. The zero-order valence-corrected chi connectivity index (χ0v) is 18.1. The topological polar surface area (TPSA) is 89.6 Å². The maximum Gasteiger partial charge on any atom is 0.417 e. The summed E-state index contributed by atoms with van der Waals surface area (Å²) in [4.78, 5) is 31.4. The Morgan fingerprint density at radius 1 is 1.03 bits per heavy atom. The molecule has 1 saturated heterocycles. The predicted octanol–water partition coefficient (Wildman–Crippen LogP) is 3.38. The summed E-state index contributed by atoms with van der Waals surface area (Å²) in [5.74, 6) is -0.153. The largest absolute Gasteiger partial charge is 0.417 e. The minimum atomic E-state index is -4.51. The van der Waals surface area contributed by atoms with Crippen LogP contribution in [0.5, 0.6) is 0 Å². The maximum atomic E-state index is 12.8. The van der Waals surface area contributed by atoms with Crippen LogP contribution in [0, 0.1) is 0 Å². The highest BCUT2D eigenvalue weighted by atomic mass is 35.5. The number of carbonyl (C=O) groups excluding carboxylic acids is 2. The number of hydrogen-bond acceptors (Lipinski definition) is 5. The van der Waals surface area contributed by atoms with Crippen LogP contribution < -0.4 is 21.1 Å². The monoisotopic (exact) mass is 490 g/mol. The third-order valence-electron chi connectivity index (χ3n) is 4.61. The Kier molecular flexibility index (Phi) is 7.64. The van der Waals surface area contributed by atoms with E-state index in [1.807, 2.05) is 4.90 Å². The number of amides is 3. The van der Waals surface area contributed by atoms with Gasteiger partial charge in [-0.1, -0.05) is 23.2 Å². The van der Waals surface area contributed by atoms with Crippen molar-refractivity contribution < 1.29 is 22.8 Å². The van der Waals surface area contributed by atoms with Gasteiger partial charge in [0.1, 0.15) is 5.82 Å². The molecule has 2 heterocycles. The van der Waals surface area contributed by atoms with Gasteiger partial charge >= 0.3 is 12.2 Å². The molecule has 13 heteroatoms. The quantitative estimate of drug-likeness (QED) is 0.571. The number of aromatic nitrogens is 1. The first-order valence-corrected chi connectivity index (χ1v) is 10.2. The number of halogens is 5. The molecule has 0 radical (unpaired) electrons. The second kappa shape index (κ2) is 10.2. The second-order valence-electron chi connectivity index (χ2n) is 6.92. The third kappa shape index (κ3) is 6.62. The summed E-state index contributed by atoms with van der Waals surface area (Å²) in [7, 11) is 0. The van der Waals surface area contributed by atoms with Gasteiger partial charge in [0.05, 0.1) is 17.1 Å². The number of anilines is 2. The summed E-state index contributed by atoms with van der Waals surface area (Å²) in [6, 6.07) is 6.69. The number of rotatable bonds is 4. The van der Waals surface area contributed by atoms with Gasteiger partial charge in [0.2, 0.25) is 0 Å². The molecule has 3 rings (SSSR count). The molecule has 1 aliphatic rings. The van der Waals surface area contributed by atoms with Gasteiger partial charge in [0.15, 0.2) is 0 Å². The van der Waals surface area contributed by atoms with E-state index in [2.05, 4.69) is 21.2 Å². The van der Waals surface area contributed by atoms with E-state index < -0.39 is 23.7 Å². The summed E-state index contributed by atoms with van der Waals surface area (Å²) in [6.07, 6.45) is -3.76. The molecular weight excluding hydrogens is 472 g/mol.